The van der Waals surface area contributed by atoms with E-state index in [0.29, 0.717) is 23.7 Å². The Balaban J connectivity index is 1.79. The molecule has 2 aromatic rings. The van der Waals surface area contributed by atoms with Crippen LogP contribution in [0.1, 0.15) is 30.2 Å². The Morgan fingerprint density at radius 2 is 2.14 bits per heavy atom. The van der Waals surface area contributed by atoms with E-state index in [1.165, 1.54) is 18.3 Å². The average molecular weight is 383 g/mol. The molecule has 2 aliphatic rings. The van der Waals surface area contributed by atoms with Crippen molar-refractivity contribution >= 4 is 17.4 Å². The third-order valence-corrected chi connectivity index (χ3v) is 5.12. The zero-order valence-corrected chi connectivity index (χ0v) is 15.5. The number of likely N-dealkylation sites (tertiary alicyclic amines) is 1. The molecule has 3 heterocycles. The molecule has 1 aromatic carbocycles. The van der Waals surface area contributed by atoms with Crippen LogP contribution in [-0.2, 0) is 14.3 Å². The van der Waals surface area contributed by atoms with Crippen molar-refractivity contribution in [3.05, 3.63) is 59.6 Å². The van der Waals surface area contributed by atoms with Crippen LogP contribution >= 0.6 is 0 Å². The lowest BCUT2D eigenvalue weighted by Gasteiger charge is -2.25. The summed E-state index contributed by atoms with van der Waals surface area (Å²) in [5.74, 6) is -0.705. The Morgan fingerprint density at radius 1 is 1.29 bits per heavy atom. The number of aliphatic hydroxyl groups excluding tert-OH is 1. The van der Waals surface area contributed by atoms with E-state index in [0.717, 1.165) is 12.8 Å². The number of hydrogen-bond donors (Lipinski definition) is 1. The number of ether oxygens (including phenoxy) is 2. The first-order chi connectivity index (χ1) is 13.6. The Kier molecular flexibility index (Phi) is 4.92. The van der Waals surface area contributed by atoms with Gasteiger partial charge in [-0.05, 0) is 37.1 Å². The van der Waals surface area contributed by atoms with E-state index in [1.54, 1.807) is 36.4 Å². The number of ketones is 1. The summed E-state index contributed by atoms with van der Waals surface area (Å²) in [6.07, 6.45) is 3.09. The van der Waals surface area contributed by atoms with Crippen molar-refractivity contribution in [3.63, 3.8) is 0 Å². The van der Waals surface area contributed by atoms with Gasteiger partial charge in [-0.2, -0.15) is 0 Å². The van der Waals surface area contributed by atoms with E-state index in [1.807, 2.05) is 0 Å². The van der Waals surface area contributed by atoms with E-state index in [9.17, 15) is 14.7 Å². The smallest absolute Gasteiger partial charge is 0.295 e. The highest BCUT2D eigenvalue weighted by molar-refractivity contribution is 6.46. The molecule has 28 heavy (non-hydrogen) atoms. The van der Waals surface area contributed by atoms with Gasteiger partial charge in [0.15, 0.2) is 0 Å². The van der Waals surface area contributed by atoms with Gasteiger partial charge in [-0.1, -0.05) is 12.1 Å². The molecule has 0 aliphatic carbocycles. The van der Waals surface area contributed by atoms with Crippen LogP contribution in [0.3, 0.4) is 0 Å². The molecule has 146 valence electrons. The minimum Gasteiger partial charge on any atom is -0.507 e. The molecule has 1 N–H and O–H groups in total. The van der Waals surface area contributed by atoms with E-state index in [-0.39, 0.29) is 24.0 Å². The minimum absolute atomic E-state index is 0.00574. The molecule has 0 radical (unpaired) electrons. The Hall–Kier alpha value is -3.06. The fraction of sp³-hybridized carbons (Fsp3) is 0.333. The summed E-state index contributed by atoms with van der Waals surface area (Å²) in [5.41, 5.74) is 0.400. The molecule has 0 saturated carbocycles. The Labute approximate surface area is 162 Å². The number of rotatable bonds is 5. The standard InChI is InChI=1S/C21H21NO6/c1-26-14-6-2-5-13(11-14)19(23)17-18(16-8-4-10-28-16)22(21(25)20(17)24)12-15-7-3-9-27-15/h2,4-6,8,10-11,15,18,23H,3,7,9,12H2,1H3/b19-17-. The van der Waals surface area contributed by atoms with Crippen molar-refractivity contribution in [2.45, 2.75) is 25.0 Å². The Morgan fingerprint density at radius 3 is 2.82 bits per heavy atom. The number of aliphatic hydroxyl groups is 1. The highest BCUT2D eigenvalue weighted by Gasteiger charge is 2.48. The van der Waals surface area contributed by atoms with Gasteiger partial charge in [0, 0.05) is 18.7 Å². The van der Waals surface area contributed by atoms with Gasteiger partial charge in [0.05, 0.1) is 25.1 Å². The van der Waals surface area contributed by atoms with Crippen LogP contribution in [0, 0.1) is 0 Å². The molecule has 2 atom stereocenters. The number of amides is 1. The number of furan rings is 1. The summed E-state index contributed by atoms with van der Waals surface area (Å²) in [6, 6.07) is 9.29. The highest BCUT2D eigenvalue weighted by atomic mass is 16.5. The Bertz CT molecular complexity index is 911. The average Bonchev–Trinajstić information content (AvgIpc) is 3.46. The maximum atomic E-state index is 12.8. The van der Waals surface area contributed by atoms with Crippen LogP contribution in [0.5, 0.6) is 5.75 Å². The van der Waals surface area contributed by atoms with Gasteiger partial charge in [0.2, 0.25) is 0 Å². The zero-order valence-electron chi connectivity index (χ0n) is 15.5. The fourth-order valence-electron chi connectivity index (χ4n) is 3.74. The molecule has 2 unspecified atom stereocenters. The topological polar surface area (TPSA) is 89.2 Å². The van der Waals surface area contributed by atoms with E-state index < -0.39 is 17.7 Å². The van der Waals surface area contributed by atoms with Crippen molar-refractivity contribution in [2.24, 2.45) is 0 Å². The van der Waals surface area contributed by atoms with Crippen molar-refractivity contribution < 1.29 is 28.6 Å². The second kappa shape index (κ2) is 7.52. The quantitative estimate of drug-likeness (QED) is 0.485. The van der Waals surface area contributed by atoms with E-state index >= 15 is 0 Å². The van der Waals surface area contributed by atoms with Gasteiger partial charge in [-0.15, -0.1) is 0 Å². The molecule has 4 rings (SSSR count). The number of nitrogens with zero attached hydrogens (tertiary/aromatic N) is 1. The van der Waals surface area contributed by atoms with Crippen LogP contribution in [0.4, 0.5) is 0 Å². The maximum Gasteiger partial charge on any atom is 0.295 e. The number of methoxy groups -OCH3 is 1. The van der Waals surface area contributed by atoms with Gasteiger partial charge in [0.25, 0.3) is 11.7 Å². The second-order valence-corrected chi connectivity index (χ2v) is 6.83. The summed E-state index contributed by atoms with van der Waals surface area (Å²) in [6.45, 7) is 0.911. The molecule has 7 heteroatoms. The summed E-state index contributed by atoms with van der Waals surface area (Å²) < 4.78 is 16.4. The lowest BCUT2D eigenvalue weighted by molar-refractivity contribution is -0.141. The first-order valence-electron chi connectivity index (χ1n) is 9.18. The molecule has 2 aliphatic heterocycles. The molecular weight excluding hydrogens is 362 g/mol. The molecule has 1 aromatic heterocycles. The monoisotopic (exact) mass is 383 g/mol. The predicted octanol–water partition coefficient (Wildman–Crippen LogP) is 2.89. The predicted molar refractivity (Wildman–Crippen MR) is 99.7 cm³/mol. The highest BCUT2D eigenvalue weighted by Crippen LogP contribution is 2.40. The molecule has 2 fully saturated rings. The van der Waals surface area contributed by atoms with Crippen molar-refractivity contribution in [3.8, 4) is 5.75 Å². The summed E-state index contributed by atoms with van der Waals surface area (Å²) >= 11 is 0. The number of carbonyl (C=O) groups excluding carboxylic acids is 2. The van der Waals surface area contributed by atoms with Gasteiger partial charge < -0.3 is 23.9 Å². The molecule has 7 nitrogen and oxygen atoms in total. The van der Waals surface area contributed by atoms with Crippen LogP contribution in [-0.4, -0.2) is 48.1 Å². The van der Waals surface area contributed by atoms with Crippen LogP contribution < -0.4 is 4.74 Å². The first kappa shape index (κ1) is 18.3. The molecule has 0 bridgehead atoms. The van der Waals surface area contributed by atoms with E-state index in [2.05, 4.69) is 0 Å². The lowest BCUT2D eigenvalue weighted by atomic mass is 9.99. The molecule has 2 saturated heterocycles. The largest absolute Gasteiger partial charge is 0.507 e. The fourth-order valence-corrected chi connectivity index (χ4v) is 3.74. The third kappa shape index (κ3) is 3.18. The van der Waals surface area contributed by atoms with Gasteiger partial charge in [-0.3, -0.25) is 9.59 Å². The number of carbonyl (C=O) groups is 2. The number of benzene rings is 1. The SMILES string of the molecule is COc1cccc(/C(O)=C2/C(=O)C(=O)N(CC3CCCO3)C2c2ccco2)c1. The van der Waals surface area contributed by atoms with Gasteiger partial charge in [-0.25, -0.2) is 0 Å². The summed E-state index contributed by atoms with van der Waals surface area (Å²) in [5, 5.41) is 10.9. The maximum absolute atomic E-state index is 12.8. The molecule has 0 spiro atoms. The van der Waals surface area contributed by atoms with Crippen LogP contribution in [0.2, 0.25) is 0 Å². The zero-order chi connectivity index (χ0) is 19.7. The van der Waals surface area contributed by atoms with Gasteiger partial charge >= 0.3 is 0 Å². The molecule has 1 amide bonds. The lowest BCUT2D eigenvalue weighted by Crippen LogP contribution is -2.36. The van der Waals surface area contributed by atoms with Crippen LogP contribution in [0.15, 0.2) is 52.7 Å². The third-order valence-electron chi connectivity index (χ3n) is 5.12. The summed E-state index contributed by atoms with van der Waals surface area (Å²) in [4.78, 5) is 27.1. The summed E-state index contributed by atoms with van der Waals surface area (Å²) in [7, 11) is 1.52. The first-order valence-corrected chi connectivity index (χ1v) is 9.18. The van der Waals surface area contributed by atoms with Crippen molar-refractivity contribution in [1.82, 2.24) is 4.90 Å². The van der Waals surface area contributed by atoms with Crippen molar-refractivity contribution in [1.29, 1.82) is 0 Å². The number of Topliss-reactive ketones (excluding diaryl/α,β-unsaturated/α-hetero) is 1. The van der Waals surface area contributed by atoms with E-state index in [4.69, 9.17) is 13.9 Å². The van der Waals surface area contributed by atoms with Crippen LogP contribution in [0.25, 0.3) is 5.76 Å². The van der Waals surface area contributed by atoms with Gasteiger partial charge in [0.1, 0.15) is 23.3 Å². The van der Waals surface area contributed by atoms with Crippen molar-refractivity contribution in [2.75, 3.05) is 20.3 Å². The molecular formula is C21H21NO6. The normalized spacial score (nSPS) is 24.1. The minimum atomic E-state index is -0.801. The second-order valence-electron chi connectivity index (χ2n) is 6.83. The number of hydrogen-bond acceptors (Lipinski definition) is 6.